The number of nitro groups is 1. The van der Waals surface area contributed by atoms with Gasteiger partial charge in [-0.05, 0) is 55.0 Å². The van der Waals surface area contributed by atoms with E-state index in [2.05, 4.69) is 5.32 Å². The average Bonchev–Trinajstić information content (AvgIpc) is 3.51. The van der Waals surface area contributed by atoms with Gasteiger partial charge in [0.15, 0.2) is 0 Å². The maximum absolute atomic E-state index is 14.0. The summed E-state index contributed by atoms with van der Waals surface area (Å²) in [6.07, 6.45) is 1.91. The summed E-state index contributed by atoms with van der Waals surface area (Å²) in [7, 11) is 1.52. The Morgan fingerprint density at radius 3 is 2.49 bits per heavy atom. The van der Waals surface area contributed by atoms with E-state index in [1.54, 1.807) is 60.7 Å². The second-order valence-corrected chi connectivity index (χ2v) is 9.17. The number of hydrogen-bond donors (Lipinski definition) is 1. The number of aromatic nitrogens is 2. The molecule has 0 bridgehead atoms. The van der Waals surface area contributed by atoms with Crippen molar-refractivity contribution in [2.75, 3.05) is 12.4 Å². The second kappa shape index (κ2) is 11.7. The van der Waals surface area contributed by atoms with Gasteiger partial charge in [0.05, 0.1) is 47.5 Å². The third kappa shape index (κ3) is 5.50. The number of fused-ring (bicyclic) bond motifs is 1. The molecule has 1 atom stereocenters. The largest absolute Gasteiger partial charge is 0.495 e. The highest BCUT2D eigenvalue weighted by atomic mass is 16.6. The van der Waals surface area contributed by atoms with Crippen LogP contribution in [0.1, 0.15) is 31.0 Å². The molecule has 5 aromatic rings. The van der Waals surface area contributed by atoms with Crippen LogP contribution in [0.25, 0.3) is 16.6 Å². The number of non-ortho nitro benzene ring substituents is 1. The number of amides is 2. The van der Waals surface area contributed by atoms with E-state index in [1.165, 1.54) is 47.1 Å². The van der Waals surface area contributed by atoms with Crippen LogP contribution in [0.5, 0.6) is 5.75 Å². The van der Waals surface area contributed by atoms with Crippen molar-refractivity contribution in [2.24, 2.45) is 0 Å². The lowest BCUT2D eigenvalue weighted by molar-refractivity contribution is -0.384. The maximum Gasteiger partial charge on any atom is 0.322 e. The minimum absolute atomic E-state index is 0.0684. The second-order valence-electron chi connectivity index (χ2n) is 9.17. The Bertz CT molecular complexity index is 1750. The van der Waals surface area contributed by atoms with Gasteiger partial charge >= 0.3 is 6.03 Å². The SMILES string of the molecule is CCC(c1nc2ccccc2c(=O)n1-c1ccccc1OC)N(Cc1ccco1)C(=O)Nc1ccc([N+](=O)[O-])cc1. The average molecular weight is 554 g/mol. The summed E-state index contributed by atoms with van der Waals surface area (Å²) < 4.78 is 12.7. The molecule has 0 saturated heterocycles. The molecule has 0 spiro atoms. The normalized spacial score (nSPS) is 11.7. The molecule has 208 valence electrons. The summed E-state index contributed by atoms with van der Waals surface area (Å²) in [5.74, 6) is 1.33. The molecule has 11 nitrogen and oxygen atoms in total. The highest BCUT2D eigenvalue weighted by Crippen LogP contribution is 2.31. The molecule has 0 aliphatic carbocycles. The van der Waals surface area contributed by atoms with E-state index in [1.807, 2.05) is 6.92 Å². The number of nitrogens with zero attached hydrogens (tertiary/aromatic N) is 4. The first-order chi connectivity index (χ1) is 19.9. The van der Waals surface area contributed by atoms with Crippen molar-refractivity contribution in [1.29, 1.82) is 0 Å². The number of nitro benzene ring substituents is 1. The van der Waals surface area contributed by atoms with E-state index in [-0.39, 0.29) is 17.8 Å². The first kappa shape index (κ1) is 27.1. The minimum atomic E-state index is -0.694. The smallest absolute Gasteiger partial charge is 0.322 e. The zero-order valence-electron chi connectivity index (χ0n) is 22.4. The molecule has 0 aliphatic rings. The number of para-hydroxylation sites is 3. The van der Waals surface area contributed by atoms with Crippen LogP contribution in [0.3, 0.4) is 0 Å². The van der Waals surface area contributed by atoms with Crippen molar-refractivity contribution in [3.05, 3.63) is 123 Å². The number of urea groups is 1. The predicted molar refractivity (Wildman–Crippen MR) is 153 cm³/mol. The number of nitrogens with one attached hydrogen (secondary N) is 1. The fourth-order valence-electron chi connectivity index (χ4n) is 4.72. The van der Waals surface area contributed by atoms with Gasteiger partial charge < -0.3 is 19.4 Å². The highest BCUT2D eigenvalue weighted by Gasteiger charge is 2.31. The quantitative estimate of drug-likeness (QED) is 0.173. The number of anilines is 1. The molecule has 0 aliphatic heterocycles. The Kier molecular flexibility index (Phi) is 7.77. The maximum atomic E-state index is 14.0. The summed E-state index contributed by atoms with van der Waals surface area (Å²) in [5.41, 5.74) is 0.949. The van der Waals surface area contributed by atoms with Crippen molar-refractivity contribution in [3.8, 4) is 11.4 Å². The summed E-state index contributed by atoms with van der Waals surface area (Å²) in [4.78, 5) is 44.9. The number of hydrogen-bond acceptors (Lipinski definition) is 7. The number of benzene rings is 3. The molecule has 0 saturated carbocycles. The summed E-state index contributed by atoms with van der Waals surface area (Å²) in [6, 6.07) is 22.0. The van der Waals surface area contributed by atoms with E-state index >= 15 is 0 Å². The van der Waals surface area contributed by atoms with E-state index in [9.17, 15) is 19.7 Å². The standard InChI is InChI=1S/C30H27N5O6/c1-3-25(33(19-22-9-8-18-41-22)30(37)31-20-14-16-21(17-15-20)35(38)39)28-32-24-11-5-4-10-23(24)29(36)34(28)26-12-6-7-13-27(26)40-2/h4-18,25H,3,19H2,1-2H3,(H,31,37). The molecular formula is C30H27N5O6. The molecule has 11 heteroatoms. The van der Waals surface area contributed by atoms with Gasteiger partial charge in [0.1, 0.15) is 17.3 Å². The fraction of sp³-hybridized carbons (Fsp3) is 0.167. The molecule has 1 N–H and O–H groups in total. The topological polar surface area (TPSA) is 133 Å². The molecule has 5 rings (SSSR count). The number of carbonyl (C=O) groups excluding carboxylic acids is 1. The van der Waals surface area contributed by atoms with Crippen LogP contribution >= 0.6 is 0 Å². The third-order valence-corrected chi connectivity index (χ3v) is 6.69. The lowest BCUT2D eigenvalue weighted by Crippen LogP contribution is -2.40. The van der Waals surface area contributed by atoms with Crippen molar-refractivity contribution in [2.45, 2.75) is 25.9 Å². The number of carbonyl (C=O) groups is 1. The van der Waals surface area contributed by atoms with Gasteiger partial charge in [0, 0.05) is 17.8 Å². The van der Waals surface area contributed by atoms with Gasteiger partial charge in [0.2, 0.25) is 0 Å². The fourth-order valence-corrected chi connectivity index (χ4v) is 4.72. The Balaban J connectivity index is 1.66. The summed E-state index contributed by atoms with van der Waals surface area (Å²) in [5, 5.41) is 14.3. The van der Waals surface area contributed by atoms with Crippen LogP contribution in [-0.2, 0) is 6.54 Å². The molecule has 2 amide bonds. The lowest BCUT2D eigenvalue weighted by Gasteiger charge is -2.32. The highest BCUT2D eigenvalue weighted by molar-refractivity contribution is 5.89. The Morgan fingerprint density at radius 2 is 1.80 bits per heavy atom. The van der Waals surface area contributed by atoms with Crippen LogP contribution < -0.4 is 15.6 Å². The van der Waals surface area contributed by atoms with Crippen LogP contribution in [0.4, 0.5) is 16.2 Å². The third-order valence-electron chi connectivity index (χ3n) is 6.69. The molecule has 0 fully saturated rings. The van der Waals surface area contributed by atoms with Gasteiger partial charge in [-0.1, -0.05) is 31.2 Å². The van der Waals surface area contributed by atoms with Crippen molar-refractivity contribution in [3.63, 3.8) is 0 Å². The van der Waals surface area contributed by atoms with Crippen molar-refractivity contribution in [1.82, 2.24) is 14.5 Å². The predicted octanol–water partition coefficient (Wildman–Crippen LogP) is 6.08. The number of methoxy groups -OCH3 is 1. The number of furan rings is 1. The van der Waals surface area contributed by atoms with Crippen LogP contribution in [0.2, 0.25) is 0 Å². The lowest BCUT2D eigenvalue weighted by atomic mass is 10.1. The van der Waals surface area contributed by atoms with E-state index in [4.69, 9.17) is 14.1 Å². The zero-order chi connectivity index (χ0) is 28.9. The molecule has 2 aromatic heterocycles. The zero-order valence-corrected chi connectivity index (χ0v) is 22.4. The van der Waals surface area contributed by atoms with Gasteiger partial charge in [-0.15, -0.1) is 0 Å². The molecule has 2 heterocycles. The summed E-state index contributed by atoms with van der Waals surface area (Å²) >= 11 is 0. The van der Waals surface area contributed by atoms with Crippen LogP contribution in [0, 0.1) is 10.1 Å². The minimum Gasteiger partial charge on any atom is -0.495 e. The Morgan fingerprint density at radius 1 is 1.07 bits per heavy atom. The molecule has 41 heavy (non-hydrogen) atoms. The van der Waals surface area contributed by atoms with Crippen LogP contribution in [0.15, 0.2) is 100 Å². The van der Waals surface area contributed by atoms with E-state index in [0.717, 1.165) is 0 Å². The van der Waals surface area contributed by atoms with Crippen molar-refractivity contribution < 1.29 is 18.9 Å². The van der Waals surface area contributed by atoms with Crippen LogP contribution in [-0.4, -0.2) is 32.5 Å². The number of rotatable bonds is 9. The number of ether oxygens (including phenoxy) is 1. The van der Waals surface area contributed by atoms with Gasteiger partial charge in [-0.3, -0.25) is 19.5 Å². The molecule has 3 aromatic carbocycles. The van der Waals surface area contributed by atoms with Gasteiger partial charge in [-0.25, -0.2) is 9.78 Å². The Hall–Kier alpha value is -5.45. The van der Waals surface area contributed by atoms with E-state index < -0.39 is 17.0 Å². The molecular weight excluding hydrogens is 526 g/mol. The summed E-state index contributed by atoms with van der Waals surface area (Å²) in [6.45, 7) is 1.96. The Labute approximate surface area is 234 Å². The van der Waals surface area contributed by atoms with Gasteiger partial charge in [0.25, 0.3) is 11.2 Å². The van der Waals surface area contributed by atoms with E-state index in [0.29, 0.717) is 46.0 Å². The van der Waals surface area contributed by atoms with Crippen molar-refractivity contribution >= 4 is 28.3 Å². The first-order valence-electron chi connectivity index (χ1n) is 12.9. The van der Waals surface area contributed by atoms with Gasteiger partial charge in [-0.2, -0.15) is 0 Å². The monoisotopic (exact) mass is 553 g/mol. The molecule has 1 unspecified atom stereocenters. The molecule has 0 radical (unpaired) electrons. The first-order valence-corrected chi connectivity index (χ1v) is 12.9.